The summed E-state index contributed by atoms with van der Waals surface area (Å²) in [4.78, 5) is 12.2. The minimum absolute atomic E-state index is 0.272. The van der Waals surface area contributed by atoms with Crippen molar-refractivity contribution in [3.05, 3.63) is 69.0 Å². The van der Waals surface area contributed by atoms with E-state index >= 15 is 0 Å². The van der Waals surface area contributed by atoms with Gasteiger partial charge in [0.25, 0.3) is 5.91 Å². The second kappa shape index (κ2) is 6.46. The van der Waals surface area contributed by atoms with Crippen molar-refractivity contribution in [3.8, 4) is 0 Å². The Bertz CT molecular complexity index is 688. The van der Waals surface area contributed by atoms with Crippen LogP contribution in [0.5, 0.6) is 0 Å². The van der Waals surface area contributed by atoms with Gasteiger partial charge in [0.1, 0.15) is 5.82 Å². The second-order valence-corrected chi connectivity index (χ2v) is 5.66. The normalized spacial score (nSPS) is 12.0. The van der Waals surface area contributed by atoms with Crippen LogP contribution in [0.1, 0.15) is 34.5 Å². The number of carbonyl (C=O) groups is 1. The number of hydrogen-bond donors (Lipinski definition) is 1. The Balaban J connectivity index is 2.18. The Labute approximate surface area is 132 Å². The third kappa shape index (κ3) is 3.74. The van der Waals surface area contributed by atoms with Crippen molar-refractivity contribution >= 4 is 29.1 Å². The number of rotatable bonds is 3. The summed E-state index contributed by atoms with van der Waals surface area (Å²) in [5.74, 6) is -0.635. The largest absolute Gasteiger partial charge is 0.345 e. The van der Waals surface area contributed by atoms with Crippen molar-refractivity contribution in [2.75, 3.05) is 0 Å². The molecule has 0 aliphatic carbocycles. The quantitative estimate of drug-likeness (QED) is 0.851. The van der Waals surface area contributed by atoms with Crippen molar-refractivity contribution in [2.45, 2.75) is 19.9 Å². The molecular formula is C16H14Cl2FNO. The van der Waals surface area contributed by atoms with E-state index in [0.717, 1.165) is 5.56 Å². The highest BCUT2D eigenvalue weighted by molar-refractivity contribution is 6.35. The number of benzene rings is 2. The van der Waals surface area contributed by atoms with Gasteiger partial charge in [0.2, 0.25) is 0 Å². The average molecular weight is 326 g/mol. The van der Waals surface area contributed by atoms with Gasteiger partial charge in [0, 0.05) is 15.6 Å². The number of halogens is 3. The summed E-state index contributed by atoms with van der Waals surface area (Å²) < 4.78 is 13.1. The van der Waals surface area contributed by atoms with Crippen LogP contribution >= 0.6 is 23.2 Å². The zero-order valence-electron chi connectivity index (χ0n) is 11.6. The Hall–Kier alpha value is -1.58. The van der Waals surface area contributed by atoms with Gasteiger partial charge >= 0.3 is 0 Å². The van der Waals surface area contributed by atoms with Gasteiger partial charge in [-0.25, -0.2) is 4.39 Å². The van der Waals surface area contributed by atoms with Crippen molar-refractivity contribution in [1.29, 1.82) is 0 Å². The van der Waals surface area contributed by atoms with Crippen LogP contribution in [0.3, 0.4) is 0 Å². The van der Waals surface area contributed by atoms with Crippen LogP contribution in [-0.4, -0.2) is 5.91 Å². The van der Waals surface area contributed by atoms with Crippen molar-refractivity contribution in [2.24, 2.45) is 0 Å². The predicted octanol–water partition coefficient (Wildman–Crippen LogP) is 4.93. The van der Waals surface area contributed by atoms with Gasteiger partial charge < -0.3 is 5.32 Å². The van der Waals surface area contributed by atoms with E-state index in [2.05, 4.69) is 5.32 Å². The highest BCUT2D eigenvalue weighted by atomic mass is 35.5. The molecule has 2 aromatic carbocycles. The summed E-state index contributed by atoms with van der Waals surface area (Å²) in [5.41, 5.74) is 1.80. The number of amides is 1. The zero-order chi connectivity index (χ0) is 15.6. The lowest BCUT2D eigenvalue weighted by Crippen LogP contribution is -2.27. The minimum Gasteiger partial charge on any atom is -0.345 e. The number of carbonyl (C=O) groups excluding carboxylic acids is 1. The smallest absolute Gasteiger partial charge is 0.252 e. The van der Waals surface area contributed by atoms with Gasteiger partial charge in [-0.05, 0) is 55.3 Å². The minimum atomic E-state index is -0.363. The molecule has 110 valence electrons. The van der Waals surface area contributed by atoms with Gasteiger partial charge in [0.15, 0.2) is 0 Å². The molecule has 0 fully saturated rings. The van der Waals surface area contributed by atoms with E-state index in [4.69, 9.17) is 23.2 Å². The molecule has 21 heavy (non-hydrogen) atoms. The molecule has 0 spiro atoms. The fraction of sp³-hybridized carbons (Fsp3) is 0.188. The zero-order valence-corrected chi connectivity index (χ0v) is 13.1. The van der Waals surface area contributed by atoms with Gasteiger partial charge in [-0.2, -0.15) is 0 Å². The van der Waals surface area contributed by atoms with Crippen molar-refractivity contribution in [1.82, 2.24) is 5.32 Å². The SMILES string of the molecule is Cc1cc(F)ccc1C(=O)NC(C)c1ccc(Cl)cc1Cl. The Morgan fingerprint density at radius 2 is 1.90 bits per heavy atom. The third-order valence-corrected chi connectivity index (χ3v) is 3.77. The summed E-state index contributed by atoms with van der Waals surface area (Å²) in [6.45, 7) is 3.52. The molecular weight excluding hydrogens is 312 g/mol. The first-order chi connectivity index (χ1) is 9.88. The summed E-state index contributed by atoms with van der Waals surface area (Å²) in [5, 5.41) is 3.87. The van der Waals surface area contributed by atoms with E-state index in [-0.39, 0.29) is 17.8 Å². The van der Waals surface area contributed by atoms with E-state index in [0.29, 0.717) is 21.2 Å². The summed E-state index contributed by atoms with van der Waals surface area (Å²) in [7, 11) is 0. The van der Waals surface area contributed by atoms with Crippen LogP contribution in [0, 0.1) is 12.7 Å². The van der Waals surface area contributed by atoms with E-state index in [1.807, 2.05) is 6.92 Å². The molecule has 0 aromatic heterocycles. The van der Waals surface area contributed by atoms with Crippen LogP contribution in [0.2, 0.25) is 10.0 Å². The van der Waals surface area contributed by atoms with E-state index in [1.54, 1.807) is 25.1 Å². The molecule has 0 saturated carbocycles. The lowest BCUT2D eigenvalue weighted by atomic mass is 10.1. The maximum Gasteiger partial charge on any atom is 0.252 e. The molecule has 0 aliphatic heterocycles. The first-order valence-electron chi connectivity index (χ1n) is 6.40. The van der Waals surface area contributed by atoms with Crippen molar-refractivity contribution in [3.63, 3.8) is 0 Å². The van der Waals surface area contributed by atoms with E-state index in [9.17, 15) is 9.18 Å². The molecule has 0 aliphatic rings. The summed E-state index contributed by atoms with van der Waals surface area (Å²) >= 11 is 12.0. The average Bonchev–Trinajstić information content (AvgIpc) is 2.37. The van der Waals surface area contributed by atoms with Gasteiger partial charge in [0.05, 0.1) is 6.04 Å². The molecule has 0 saturated heterocycles. The first kappa shape index (κ1) is 15.8. The van der Waals surface area contributed by atoms with Crippen molar-refractivity contribution < 1.29 is 9.18 Å². The molecule has 1 atom stereocenters. The van der Waals surface area contributed by atoms with Crippen LogP contribution in [0.15, 0.2) is 36.4 Å². The standard InChI is InChI=1S/C16H14Cl2FNO/c1-9-7-12(19)4-6-13(9)16(21)20-10(2)14-5-3-11(17)8-15(14)18/h3-8,10H,1-2H3,(H,20,21). The lowest BCUT2D eigenvalue weighted by molar-refractivity contribution is 0.0939. The summed E-state index contributed by atoms with van der Waals surface area (Å²) in [6, 6.07) is 8.89. The maximum atomic E-state index is 13.1. The Kier molecular flexibility index (Phi) is 4.86. The van der Waals surface area contributed by atoms with Crippen LogP contribution in [0.25, 0.3) is 0 Å². The molecule has 1 unspecified atom stereocenters. The van der Waals surface area contributed by atoms with Gasteiger partial charge in [-0.3, -0.25) is 4.79 Å². The molecule has 2 rings (SSSR count). The number of hydrogen-bond acceptors (Lipinski definition) is 1. The molecule has 5 heteroatoms. The molecule has 0 bridgehead atoms. The number of aryl methyl sites for hydroxylation is 1. The molecule has 2 nitrogen and oxygen atoms in total. The van der Waals surface area contributed by atoms with Crippen LogP contribution in [-0.2, 0) is 0 Å². The van der Waals surface area contributed by atoms with Crippen LogP contribution in [0.4, 0.5) is 4.39 Å². The molecule has 0 heterocycles. The maximum absolute atomic E-state index is 13.1. The Morgan fingerprint density at radius 3 is 2.52 bits per heavy atom. The summed E-state index contributed by atoms with van der Waals surface area (Å²) in [6.07, 6.45) is 0. The molecule has 2 aromatic rings. The molecule has 1 amide bonds. The fourth-order valence-electron chi connectivity index (χ4n) is 2.09. The third-order valence-electron chi connectivity index (χ3n) is 3.21. The molecule has 0 radical (unpaired) electrons. The van der Waals surface area contributed by atoms with Crippen LogP contribution < -0.4 is 5.32 Å². The highest BCUT2D eigenvalue weighted by Gasteiger charge is 2.15. The second-order valence-electron chi connectivity index (χ2n) is 4.82. The fourth-order valence-corrected chi connectivity index (χ4v) is 2.66. The Morgan fingerprint density at radius 1 is 1.19 bits per heavy atom. The topological polar surface area (TPSA) is 29.1 Å². The molecule has 1 N–H and O–H groups in total. The van der Waals surface area contributed by atoms with Gasteiger partial charge in [-0.1, -0.05) is 29.3 Å². The van der Waals surface area contributed by atoms with Gasteiger partial charge in [-0.15, -0.1) is 0 Å². The monoisotopic (exact) mass is 325 g/mol. The van der Waals surface area contributed by atoms with E-state index < -0.39 is 0 Å². The number of nitrogens with one attached hydrogen (secondary N) is 1. The predicted molar refractivity (Wildman–Crippen MR) is 83.5 cm³/mol. The van der Waals surface area contributed by atoms with E-state index in [1.165, 1.54) is 18.2 Å². The highest BCUT2D eigenvalue weighted by Crippen LogP contribution is 2.26. The first-order valence-corrected chi connectivity index (χ1v) is 7.16. The lowest BCUT2D eigenvalue weighted by Gasteiger charge is -2.17.